The lowest BCUT2D eigenvalue weighted by Crippen LogP contribution is -2.40. The highest BCUT2D eigenvalue weighted by Crippen LogP contribution is 2.41. The molecule has 0 aromatic heterocycles. The van der Waals surface area contributed by atoms with Gasteiger partial charge in [0.25, 0.3) is 17.8 Å². The van der Waals surface area contributed by atoms with Crippen LogP contribution in [0.25, 0.3) is 0 Å². The van der Waals surface area contributed by atoms with Crippen molar-refractivity contribution < 1.29 is 52.7 Å². The fourth-order valence-electron chi connectivity index (χ4n) is 9.52. The first-order chi connectivity index (χ1) is 36.9. The molecule has 1 unspecified atom stereocenters. The number of anilines is 3. The van der Waals surface area contributed by atoms with Gasteiger partial charge in [0.05, 0.1) is 74.7 Å². The van der Waals surface area contributed by atoms with Crippen LogP contribution in [0.4, 0.5) is 22.7 Å². The second kappa shape index (κ2) is 26.5. The smallest absolute Gasteiger partial charge is 0.303 e. The third-order valence-corrected chi connectivity index (χ3v) is 16.8. The lowest BCUT2D eigenvalue weighted by molar-refractivity contribution is -0.137. The summed E-state index contributed by atoms with van der Waals surface area (Å²) in [4.78, 5) is 63.9. The summed E-state index contributed by atoms with van der Waals surface area (Å²) < 4.78 is 35.1. The molecule has 0 bridgehead atoms. The van der Waals surface area contributed by atoms with E-state index in [-0.39, 0.29) is 79.7 Å². The van der Waals surface area contributed by atoms with Gasteiger partial charge in [-0.1, -0.05) is 70.6 Å². The summed E-state index contributed by atoms with van der Waals surface area (Å²) in [5.74, 6) is 0.131. The second-order valence-electron chi connectivity index (χ2n) is 19.3. The Kier molecular flexibility index (Phi) is 19.4. The van der Waals surface area contributed by atoms with Crippen LogP contribution in [-0.4, -0.2) is 118 Å². The molecule has 2 N–H and O–H groups in total. The van der Waals surface area contributed by atoms with E-state index in [2.05, 4.69) is 31.8 Å². The molecule has 4 aliphatic heterocycles. The molecule has 402 valence electrons. The molecule has 8 rings (SSSR count). The number of rotatable bonds is 28. The van der Waals surface area contributed by atoms with Gasteiger partial charge in [-0.3, -0.25) is 29.1 Å². The first-order valence-corrected chi connectivity index (χ1v) is 27.9. The van der Waals surface area contributed by atoms with Crippen molar-refractivity contribution in [2.75, 3.05) is 80.8 Å². The number of carboxylic acid groups (broad SMARTS) is 1. The minimum absolute atomic E-state index is 0.0177. The maximum Gasteiger partial charge on any atom is 0.303 e. The summed E-state index contributed by atoms with van der Waals surface area (Å²) in [6, 6.07) is 26.7. The maximum atomic E-state index is 14.6. The van der Waals surface area contributed by atoms with Crippen molar-refractivity contribution in [1.29, 1.82) is 0 Å². The molecule has 4 aliphatic rings. The van der Waals surface area contributed by atoms with E-state index in [0.717, 1.165) is 34.5 Å². The Morgan fingerprint density at radius 2 is 1.58 bits per heavy atom. The van der Waals surface area contributed by atoms with Gasteiger partial charge in [-0.25, -0.2) is 0 Å². The van der Waals surface area contributed by atoms with Gasteiger partial charge in [-0.2, -0.15) is 0 Å². The average molecular weight is 1070 g/mol. The fraction of sp³-hybridized carbons (Fsp3) is 0.397. The van der Waals surface area contributed by atoms with Crippen LogP contribution in [0.15, 0.2) is 126 Å². The van der Waals surface area contributed by atoms with E-state index in [4.69, 9.17) is 38.5 Å². The Hall–Kier alpha value is -6.57. The number of methoxy groups -OCH3 is 2. The van der Waals surface area contributed by atoms with Crippen LogP contribution in [0.1, 0.15) is 72.1 Å². The minimum Gasteiger partial charge on any atom is -0.489 e. The molecular formula is C58H67N5O11S2. The number of carbonyl (C=O) groups excluding carboxylic acids is 3. The van der Waals surface area contributed by atoms with E-state index in [1.54, 1.807) is 63.9 Å². The molecular weight excluding hydrogens is 1010 g/mol. The molecule has 0 spiro atoms. The Bertz CT molecular complexity index is 2850. The van der Waals surface area contributed by atoms with Crippen LogP contribution < -0.4 is 24.8 Å². The SMILES string of the molecule is C=CC1=C(/C=C(\OC)OCc2cc(COc3ccc4c(c3)N=C[C@@H]3Cc5ccccc5N3C4=O)cc(N(CCOCCOCCOC)C(=O)CCC(C)(C)SSCCCC(=O)O)c2)NCC2Cc3ccccc3N2C1=O. The number of aliphatic carboxylic acids is 1. The van der Waals surface area contributed by atoms with Crippen molar-refractivity contribution in [3.63, 3.8) is 0 Å². The summed E-state index contributed by atoms with van der Waals surface area (Å²) in [6.07, 6.45) is 7.93. The number of carbonyl (C=O) groups is 4. The van der Waals surface area contributed by atoms with Crippen LogP contribution in [0, 0.1) is 0 Å². The Morgan fingerprint density at radius 1 is 0.868 bits per heavy atom. The van der Waals surface area contributed by atoms with Crippen molar-refractivity contribution in [3.8, 4) is 5.75 Å². The number of allylic oxidation sites excluding steroid dienone is 1. The summed E-state index contributed by atoms with van der Waals surface area (Å²) in [7, 11) is 6.38. The van der Waals surface area contributed by atoms with E-state index < -0.39 is 5.97 Å². The number of para-hydroxylation sites is 2. The number of hydrogen-bond acceptors (Lipinski definition) is 14. The second-order valence-corrected chi connectivity index (χ2v) is 22.4. The highest BCUT2D eigenvalue weighted by Gasteiger charge is 2.38. The number of aliphatic imine (C=N–C) groups is 1. The first kappa shape index (κ1) is 55.7. The monoisotopic (exact) mass is 1070 g/mol. The molecule has 4 aromatic rings. The van der Waals surface area contributed by atoms with Crippen molar-refractivity contribution in [3.05, 3.63) is 149 Å². The summed E-state index contributed by atoms with van der Waals surface area (Å²) >= 11 is 0. The maximum absolute atomic E-state index is 14.6. The number of carboxylic acids is 1. The highest BCUT2D eigenvalue weighted by atomic mass is 33.1. The predicted octanol–water partition coefficient (Wildman–Crippen LogP) is 9.38. The molecule has 2 atom stereocenters. The van der Waals surface area contributed by atoms with E-state index in [0.29, 0.717) is 97.5 Å². The number of nitrogens with one attached hydrogen (secondary N) is 1. The molecule has 0 saturated heterocycles. The van der Waals surface area contributed by atoms with Crippen LogP contribution in [0.2, 0.25) is 0 Å². The van der Waals surface area contributed by atoms with E-state index in [1.807, 2.05) is 76.7 Å². The van der Waals surface area contributed by atoms with Crippen LogP contribution in [0.5, 0.6) is 5.75 Å². The lowest BCUT2D eigenvalue weighted by atomic mass is 10.1. The lowest BCUT2D eigenvalue weighted by Gasteiger charge is -2.27. The Labute approximate surface area is 452 Å². The number of fused-ring (bicyclic) bond motifs is 7. The molecule has 0 radical (unpaired) electrons. The minimum atomic E-state index is -0.815. The molecule has 0 saturated carbocycles. The topological polar surface area (TPSA) is 178 Å². The standard InChI is InChI=1S/C58H67N5O11S2/c1-6-47-50(60-36-44-31-41-12-7-9-14-51(41)62(44)56(47)67)34-55(70-5)74-38-40-28-39(37-73-46-17-18-48-49(33-46)59-35-45-32-42-13-8-10-15-52(42)63(45)57(48)68)29-43(30-40)61(21-22-71-25-26-72-24-23-69-4)53(64)19-20-58(2,3)76-75-27-11-16-54(65)66/h6-10,12-15,17-18,28-30,33-35,44-45,60H,1,11,16,19-27,31-32,36-38H2,2-5H3,(H,65,66)/b55-34+/t44?,45-/m0/s1. The third kappa shape index (κ3) is 14.1. The van der Waals surface area contributed by atoms with E-state index in [9.17, 15) is 19.2 Å². The van der Waals surface area contributed by atoms with Gasteiger partial charge in [0.15, 0.2) is 0 Å². The van der Waals surface area contributed by atoms with E-state index >= 15 is 0 Å². The Morgan fingerprint density at radius 3 is 2.32 bits per heavy atom. The Balaban J connectivity index is 1.05. The summed E-state index contributed by atoms with van der Waals surface area (Å²) in [5.41, 5.74) is 7.95. The van der Waals surface area contributed by atoms with Gasteiger partial charge in [-0.15, -0.1) is 0 Å². The summed E-state index contributed by atoms with van der Waals surface area (Å²) in [6.45, 7) is 10.9. The quantitative estimate of drug-likeness (QED) is 0.0312. The van der Waals surface area contributed by atoms with Crippen LogP contribution in [-0.2, 0) is 64.1 Å². The van der Waals surface area contributed by atoms with Crippen LogP contribution >= 0.6 is 21.6 Å². The van der Waals surface area contributed by atoms with Gasteiger partial charge >= 0.3 is 5.97 Å². The zero-order valence-corrected chi connectivity index (χ0v) is 45.3. The van der Waals surface area contributed by atoms with Crippen molar-refractivity contribution in [2.45, 2.75) is 82.4 Å². The first-order valence-electron chi connectivity index (χ1n) is 25.6. The molecule has 76 heavy (non-hydrogen) atoms. The molecule has 0 aliphatic carbocycles. The molecule has 0 fully saturated rings. The number of hydrogen-bond donors (Lipinski definition) is 2. The highest BCUT2D eigenvalue weighted by molar-refractivity contribution is 8.77. The largest absolute Gasteiger partial charge is 0.489 e. The summed E-state index contributed by atoms with van der Waals surface area (Å²) in [5, 5.41) is 12.5. The molecule has 16 nitrogen and oxygen atoms in total. The zero-order chi connectivity index (χ0) is 53.6. The van der Waals surface area contributed by atoms with E-state index in [1.165, 1.54) is 7.11 Å². The van der Waals surface area contributed by atoms with Crippen molar-refractivity contribution in [1.82, 2.24) is 5.32 Å². The van der Waals surface area contributed by atoms with Gasteiger partial charge < -0.3 is 48.6 Å². The van der Waals surface area contributed by atoms with Gasteiger partial charge in [0, 0.05) is 85.4 Å². The number of nitrogens with zero attached hydrogens (tertiary/aromatic N) is 4. The molecule has 4 aromatic carbocycles. The number of ether oxygens (including phenoxy) is 6. The average Bonchev–Trinajstić information content (AvgIpc) is 3.98. The van der Waals surface area contributed by atoms with Crippen LogP contribution in [0.3, 0.4) is 0 Å². The molecule has 18 heteroatoms. The zero-order valence-electron chi connectivity index (χ0n) is 43.6. The molecule has 3 amide bonds. The van der Waals surface area contributed by atoms with Crippen molar-refractivity contribution in [2.24, 2.45) is 4.99 Å². The normalized spacial score (nSPS) is 16.7. The van der Waals surface area contributed by atoms with Gasteiger partial charge in [0.1, 0.15) is 19.0 Å². The number of amides is 3. The third-order valence-electron chi connectivity index (χ3n) is 13.4. The van der Waals surface area contributed by atoms with Gasteiger partial charge in [-0.05, 0) is 97.8 Å². The van der Waals surface area contributed by atoms with Crippen molar-refractivity contribution >= 4 is 74.2 Å². The molecule has 4 heterocycles. The fourth-order valence-corrected chi connectivity index (χ4v) is 12.2. The predicted molar refractivity (Wildman–Crippen MR) is 299 cm³/mol. The van der Waals surface area contributed by atoms with Gasteiger partial charge in [0.2, 0.25) is 5.91 Å². The number of benzene rings is 4.